The third-order valence-electron chi connectivity index (χ3n) is 5.73. The minimum atomic E-state index is 0.206. The molecule has 0 saturated carbocycles. The zero-order valence-electron chi connectivity index (χ0n) is 18.7. The molecule has 36 heavy (non-hydrogen) atoms. The lowest BCUT2D eigenvalue weighted by atomic mass is 10.1. The highest BCUT2D eigenvalue weighted by Gasteiger charge is 2.17. The van der Waals surface area contributed by atoms with Crippen LogP contribution in [0.1, 0.15) is 11.1 Å². The van der Waals surface area contributed by atoms with Crippen molar-refractivity contribution in [2.45, 2.75) is 0 Å². The van der Waals surface area contributed by atoms with Crippen LogP contribution >= 0.6 is 0 Å². The van der Waals surface area contributed by atoms with Gasteiger partial charge in [-0.25, -0.2) is 9.67 Å². The van der Waals surface area contributed by atoms with Crippen LogP contribution in [-0.4, -0.2) is 25.0 Å². The smallest absolute Gasteiger partial charge is 0.154 e. The molecule has 6 rings (SSSR count). The number of nitrogens with zero attached hydrogens (tertiary/aromatic N) is 7. The summed E-state index contributed by atoms with van der Waals surface area (Å²) in [6.45, 7) is 0. The van der Waals surface area contributed by atoms with Gasteiger partial charge in [0.05, 0.1) is 39.6 Å². The molecule has 0 saturated heterocycles. The summed E-state index contributed by atoms with van der Waals surface area (Å²) in [7, 11) is 0. The maximum absolute atomic E-state index is 9.61. The van der Waals surface area contributed by atoms with Crippen molar-refractivity contribution in [3.63, 3.8) is 0 Å². The van der Waals surface area contributed by atoms with Crippen molar-refractivity contribution in [2.75, 3.05) is 0 Å². The number of para-hydroxylation sites is 3. The third kappa shape index (κ3) is 3.65. The first-order valence-electron chi connectivity index (χ1n) is 11.0. The summed E-state index contributed by atoms with van der Waals surface area (Å²) in [4.78, 5) is 9.22. The van der Waals surface area contributed by atoms with Crippen LogP contribution in [0.4, 0.5) is 0 Å². The van der Waals surface area contributed by atoms with Gasteiger partial charge >= 0.3 is 0 Å². The standard InChI is InChI=1S/C28H15N7O/c29-15-19-13-27(35-26-11-4-3-10-24(26)33-34-35)28(14-20(19)16-30)36-21-7-5-6-18(12-21)25-17-31-22-8-1-2-9-23(22)32-25/h1-14,17H. The topological polar surface area (TPSA) is 113 Å². The van der Waals surface area contributed by atoms with Crippen LogP contribution < -0.4 is 4.74 Å². The molecular formula is C28H15N7O. The van der Waals surface area contributed by atoms with Gasteiger partial charge in [0.1, 0.15) is 29.1 Å². The molecule has 168 valence electrons. The molecule has 0 radical (unpaired) electrons. The second-order valence-corrected chi connectivity index (χ2v) is 7.95. The van der Waals surface area contributed by atoms with Crippen molar-refractivity contribution < 1.29 is 4.74 Å². The van der Waals surface area contributed by atoms with E-state index >= 15 is 0 Å². The summed E-state index contributed by atoms with van der Waals surface area (Å²) >= 11 is 0. The lowest BCUT2D eigenvalue weighted by molar-refractivity contribution is 0.478. The van der Waals surface area contributed by atoms with Crippen LogP contribution in [0.15, 0.2) is 91.1 Å². The molecular weight excluding hydrogens is 450 g/mol. The Bertz CT molecular complexity index is 1860. The summed E-state index contributed by atoms with van der Waals surface area (Å²) < 4.78 is 7.88. The number of benzene rings is 4. The van der Waals surface area contributed by atoms with E-state index in [1.807, 2.05) is 72.8 Å². The van der Waals surface area contributed by atoms with Crippen LogP contribution in [0.2, 0.25) is 0 Å². The number of hydrogen-bond donors (Lipinski definition) is 0. The summed E-state index contributed by atoms with van der Waals surface area (Å²) in [5, 5.41) is 27.7. The molecule has 0 aliphatic heterocycles. The first-order chi connectivity index (χ1) is 17.7. The largest absolute Gasteiger partial charge is 0.455 e. The quantitative estimate of drug-likeness (QED) is 0.334. The van der Waals surface area contributed by atoms with Crippen LogP contribution in [0.3, 0.4) is 0 Å². The van der Waals surface area contributed by atoms with Crippen LogP contribution in [0.5, 0.6) is 11.5 Å². The van der Waals surface area contributed by atoms with Gasteiger partial charge in [-0.05, 0) is 42.5 Å². The van der Waals surface area contributed by atoms with Gasteiger partial charge in [-0.15, -0.1) is 5.10 Å². The lowest BCUT2D eigenvalue weighted by Crippen LogP contribution is -2.02. The predicted molar refractivity (Wildman–Crippen MR) is 133 cm³/mol. The van der Waals surface area contributed by atoms with E-state index in [0.29, 0.717) is 28.4 Å². The van der Waals surface area contributed by atoms with Gasteiger partial charge < -0.3 is 4.74 Å². The monoisotopic (exact) mass is 465 g/mol. The molecule has 8 nitrogen and oxygen atoms in total. The second kappa shape index (κ2) is 8.64. The summed E-state index contributed by atoms with van der Waals surface area (Å²) in [6.07, 6.45) is 1.73. The van der Waals surface area contributed by atoms with E-state index in [1.54, 1.807) is 23.0 Å². The zero-order chi connectivity index (χ0) is 24.5. The van der Waals surface area contributed by atoms with Crippen molar-refractivity contribution in [3.05, 3.63) is 102 Å². The second-order valence-electron chi connectivity index (χ2n) is 7.95. The minimum Gasteiger partial charge on any atom is -0.455 e. The molecule has 2 aromatic heterocycles. The average molecular weight is 465 g/mol. The van der Waals surface area contributed by atoms with Crippen LogP contribution in [-0.2, 0) is 0 Å². The third-order valence-corrected chi connectivity index (χ3v) is 5.73. The number of rotatable bonds is 4. The molecule has 8 heteroatoms. The Morgan fingerprint density at radius 1 is 0.750 bits per heavy atom. The van der Waals surface area contributed by atoms with E-state index in [9.17, 15) is 10.5 Å². The van der Waals surface area contributed by atoms with Gasteiger partial charge in [-0.2, -0.15) is 10.5 Å². The molecule has 0 aliphatic rings. The highest BCUT2D eigenvalue weighted by atomic mass is 16.5. The van der Waals surface area contributed by atoms with Gasteiger partial charge in [0.15, 0.2) is 5.75 Å². The molecule has 0 unspecified atom stereocenters. The minimum absolute atomic E-state index is 0.206. The average Bonchev–Trinajstić information content (AvgIpc) is 3.36. The molecule has 0 atom stereocenters. The molecule has 2 heterocycles. The van der Waals surface area contributed by atoms with Gasteiger partial charge in [0, 0.05) is 11.6 Å². The highest BCUT2D eigenvalue weighted by molar-refractivity contribution is 5.78. The van der Waals surface area contributed by atoms with Crippen molar-refractivity contribution in [3.8, 4) is 40.6 Å². The zero-order valence-corrected chi connectivity index (χ0v) is 18.7. The van der Waals surface area contributed by atoms with E-state index in [4.69, 9.17) is 9.72 Å². The molecule has 0 fully saturated rings. The summed E-state index contributed by atoms with van der Waals surface area (Å²) in [5.74, 6) is 0.893. The fraction of sp³-hybridized carbons (Fsp3) is 0. The molecule has 6 aromatic rings. The number of hydrogen-bond acceptors (Lipinski definition) is 7. The van der Waals surface area contributed by atoms with E-state index in [0.717, 1.165) is 22.1 Å². The Balaban J connectivity index is 1.45. The number of nitriles is 2. The van der Waals surface area contributed by atoms with Crippen molar-refractivity contribution in [1.29, 1.82) is 10.5 Å². The van der Waals surface area contributed by atoms with E-state index in [-0.39, 0.29) is 11.1 Å². The highest BCUT2D eigenvalue weighted by Crippen LogP contribution is 2.34. The van der Waals surface area contributed by atoms with Gasteiger partial charge in [0.25, 0.3) is 0 Å². The summed E-state index contributed by atoms with van der Waals surface area (Å²) in [6, 6.07) is 29.9. The maximum atomic E-state index is 9.61. The Labute approximate surface area is 205 Å². The maximum Gasteiger partial charge on any atom is 0.154 e. The normalized spacial score (nSPS) is 10.7. The Kier molecular flexibility index (Phi) is 5.03. The number of ether oxygens (including phenoxy) is 1. The SMILES string of the molecule is N#Cc1cc(Oc2cccc(-c3cnc4ccccc4n3)c2)c(-n2nnc3ccccc32)cc1C#N. The van der Waals surface area contributed by atoms with E-state index in [2.05, 4.69) is 27.4 Å². The Hall–Kier alpha value is -5.60. The van der Waals surface area contributed by atoms with Gasteiger partial charge in [-0.1, -0.05) is 41.6 Å². The van der Waals surface area contributed by atoms with Crippen LogP contribution in [0, 0.1) is 22.7 Å². The molecule has 4 aromatic carbocycles. The first-order valence-corrected chi connectivity index (χ1v) is 11.0. The fourth-order valence-electron chi connectivity index (χ4n) is 3.99. The molecule has 0 aliphatic carbocycles. The van der Waals surface area contributed by atoms with Gasteiger partial charge in [0.2, 0.25) is 0 Å². The Morgan fingerprint density at radius 2 is 1.50 bits per heavy atom. The van der Waals surface area contributed by atoms with E-state index in [1.165, 1.54) is 0 Å². The molecule has 0 bridgehead atoms. The Morgan fingerprint density at radius 3 is 2.33 bits per heavy atom. The number of fused-ring (bicyclic) bond motifs is 2. The van der Waals surface area contributed by atoms with Crippen molar-refractivity contribution >= 4 is 22.1 Å². The summed E-state index contributed by atoms with van der Waals surface area (Å²) in [5.41, 5.74) is 5.52. The predicted octanol–water partition coefficient (Wildman–Crippen LogP) is 5.57. The molecule has 0 spiro atoms. The fourth-order valence-corrected chi connectivity index (χ4v) is 3.99. The van der Waals surface area contributed by atoms with Crippen LogP contribution in [0.25, 0.3) is 39.0 Å². The van der Waals surface area contributed by atoms with Crippen molar-refractivity contribution in [2.24, 2.45) is 0 Å². The van der Waals surface area contributed by atoms with Crippen molar-refractivity contribution in [1.82, 2.24) is 25.0 Å². The van der Waals surface area contributed by atoms with E-state index < -0.39 is 0 Å². The molecule has 0 N–H and O–H groups in total. The molecule has 0 amide bonds. The number of aromatic nitrogens is 5. The van der Waals surface area contributed by atoms with Gasteiger partial charge in [-0.3, -0.25) is 4.98 Å². The lowest BCUT2D eigenvalue weighted by Gasteiger charge is -2.14. The first kappa shape index (κ1) is 21.0.